The quantitative estimate of drug-likeness (QED) is 0.352. The summed E-state index contributed by atoms with van der Waals surface area (Å²) in [5, 5.41) is 15.6. The molecule has 1 amide bonds. The summed E-state index contributed by atoms with van der Waals surface area (Å²) < 4.78 is 71.1. The van der Waals surface area contributed by atoms with E-state index in [9.17, 15) is 26.4 Å². The molecule has 2 saturated heterocycles. The van der Waals surface area contributed by atoms with Crippen LogP contribution in [0.3, 0.4) is 0 Å². The molecule has 0 unspecified atom stereocenters. The zero-order valence-electron chi connectivity index (χ0n) is 24.6. The molecule has 16 heteroatoms. The van der Waals surface area contributed by atoms with Crippen molar-refractivity contribution in [3.8, 4) is 11.3 Å². The Morgan fingerprint density at radius 2 is 1.84 bits per heavy atom. The molecular formula is C28H36F3N9O3S. The lowest BCUT2D eigenvalue weighted by Crippen LogP contribution is -2.45. The van der Waals surface area contributed by atoms with Gasteiger partial charge in [0, 0.05) is 75.0 Å². The second kappa shape index (κ2) is 12.2. The van der Waals surface area contributed by atoms with Crippen molar-refractivity contribution < 1.29 is 26.4 Å². The molecule has 12 nitrogen and oxygen atoms in total. The van der Waals surface area contributed by atoms with Crippen molar-refractivity contribution in [1.29, 1.82) is 0 Å². The van der Waals surface area contributed by atoms with Crippen LogP contribution >= 0.6 is 0 Å². The Morgan fingerprint density at radius 1 is 1.05 bits per heavy atom. The fourth-order valence-electron chi connectivity index (χ4n) is 6.70. The number of carbonyl (C=O) groups is 1. The minimum absolute atomic E-state index is 0.0135. The maximum atomic E-state index is 13.9. The highest BCUT2D eigenvalue weighted by Gasteiger charge is 2.35. The number of rotatable bonds is 9. The van der Waals surface area contributed by atoms with Gasteiger partial charge in [-0.3, -0.25) is 9.48 Å². The maximum Gasteiger partial charge on any atom is 0.416 e. The van der Waals surface area contributed by atoms with E-state index in [1.807, 2.05) is 9.58 Å². The van der Waals surface area contributed by atoms with Crippen molar-refractivity contribution >= 4 is 15.9 Å². The normalized spacial score (nSPS) is 19.2. The van der Waals surface area contributed by atoms with Crippen LogP contribution in [0.1, 0.15) is 54.5 Å². The van der Waals surface area contributed by atoms with Crippen LogP contribution in [0.2, 0.25) is 0 Å². The van der Waals surface area contributed by atoms with Crippen LogP contribution in [0.5, 0.6) is 0 Å². The van der Waals surface area contributed by atoms with Gasteiger partial charge in [-0.2, -0.15) is 22.6 Å². The van der Waals surface area contributed by atoms with Gasteiger partial charge in [-0.25, -0.2) is 13.1 Å². The summed E-state index contributed by atoms with van der Waals surface area (Å²) in [6, 6.07) is 4.21. The Hall–Kier alpha value is -3.37. The Kier molecular flexibility index (Phi) is 8.50. The molecule has 2 fully saturated rings. The number of sulfonamides is 1. The predicted octanol–water partition coefficient (Wildman–Crippen LogP) is 2.40. The number of benzene rings is 1. The molecule has 2 aromatic heterocycles. The number of aryl methyl sites for hydroxylation is 1. The van der Waals surface area contributed by atoms with Crippen molar-refractivity contribution in [3.05, 3.63) is 46.9 Å². The molecule has 238 valence electrons. The highest BCUT2D eigenvalue weighted by atomic mass is 32.2. The number of hydrogen-bond acceptors (Lipinski definition) is 8. The number of alkyl halides is 3. The van der Waals surface area contributed by atoms with Gasteiger partial charge in [-0.05, 0) is 60.4 Å². The van der Waals surface area contributed by atoms with Gasteiger partial charge in [0.05, 0.1) is 24.1 Å². The van der Waals surface area contributed by atoms with Gasteiger partial charge in [0.15, 0.2) is 0 Å². The minimum atomic E-state index is -4.58. The lowest BCUT2D eigenvalue weighted by Gasteiger charge is -2.36. The van der Waals surface area contributed by atoms with E-state index in [1.54, 1.807) is 0 Å². The molecule has 0 atom stereocenters. The Balaban J connectivity index is 1.22. The van der Waals surface area contributed by atoms with Crippen LogP contribution in [-0.2, 0) is 47.0 Å². The fraction of sp³-hybridized carbons (Fsp3) is 0.607. The zero-order chi connectivity index (χ0) is 31.1. The second-order valence-electron chi connectivity index (χ2n) is 11.8. The van der Waals surface area contributed by atoms with Gasteiger partial charge in [-0.1, -0.05) is 6.07 Å². The lowest BCUT2D eigenvalue weighted by atomic mass is 9.97. The summed E-state index contributed by atoms with van der Waals surface area (Å²) in [5.74, 6) is 0.271. The highest BCUT2D eigenvalue weighted by molar-refractivity contribution is 7.88. The van der Waals surface area contributed by atoms with Crippen LogP contribution in [-0.4, -0.2) is 103 Å². The summed E-state index contributed by atoms with van der Waals surface area (Å²) in [6.45, 7) is 4.42. The first-order valence-corrected chi connectivity index (χ1v) is 16.8. The number of aromatic nitrogens is 6. The average Bonchev–Trinajstić information content (AvgIpc) is 3.73. The first-order valence-electron chi connectivity index (χ1n) is 14.9. The van der Waals surface area contributed by atoms with E-state index >= 15 is 0 Å². The fourth-order valence-corrected chi connectivity index (χ4v) is 7.48. The van der Waals surface area contributed by atoms with Crippen molar-refractivity contribution in [2.75, 3.05) is 39.0 Å². The number of tetrazole rings is 1. The number of nitrogens with zero attached hydrogens (tertiary/aromatic N) is 9. The Morgan fingerprint density at radius 3 is 2.50 bits per heavy atom. The monoisotopic (exact) mass is 635 g/mol. The molecule has 0 N–H and O–H groups in total. The van der Waals surface area contributed by atoms with Crippen molar-refractivity contribution in [3.63, 3.8) is 0 Å². The van der Waals surface area contributed by atoms with E-state index < -0.39 is 21.8 Å². The summed E-state index contributed by atoms with van der Waals surface area (Å²) in [7, 11) is -3.48. The van der Waals surface area contributed by atoms with Gasteiger partial charge in [0.2, 0.25) is 15.9 Å². The molecule has 0 bridgehead atoms. The lowest BCUT2D eigenvalue weighted by molar-refractivity contribution is -0.138. The number of fused-ring (bicyclic) bond motifs is 1. The third-order valence-electron chi connectivity index (χ3n) is 8.93. The summed E-state index contributed by atoms with van der Waals surface area (Å²) in [5.41, 5.74) is 1.78. The van der Waals surface area contributed by atoms with E-state index in [4.69, 9.17) is 5.10 Å². The largest absolute Gasteiger partial charge is 0.416 e. The molecule has 3 aliphatic heterocycles. The number of halogens is 3. The SMILES string of the molecule is CS(=O)(=O)N1CCc2c(c(-c3ccc(C(F)(F)F)c(Cn4cnnn4)c3)nn2CCCN2CCC(N3CCCC3=O)CC2)C1. The van der Waals surface area contributed by atoms with Crippen molar-refractivity contribution in [2.45, 2.75) is 70.4 Å². The number of amides is 1. The van der Waals surface area contributed by atoms with Crippen LogP contribution in [0.15, 0.2) is 24.5 Å². The first-order chi connectivity index (χ1) is 21.0. The van der Waals surface area contributed by atoms with Crippen molar-refractivity contribution in [1.82, 2.24) is 44.1 Å². The van der Waals surface area contributed by atoms with Crippen LogP contribution in [0.25, 0.3) is 11.3 Å². The Labute approximate surface area is 253 Å². The van der Waals surface area contributed by atoms with E-state index in [2.05, 4.69) is 20.4 Å². The molecule has 5 heterocycles. The molecule has 44 heavy (non-hydrogen) atoms. The third-order valence-corrected chi connectivity index (χ3v) is 10.2. The van der Waals surface area contributed by atoms with Crippen LogP contribution in [0.4, 0.5) is 13.2 Å². The number of likely N-dealkylation sites (tertiary alicyclic amines) is 2. The highest BCUT2D eigenvalue weighted by Crippen LogP contribution is 2.37. The van der Waals surface area contributed by atoms with E-state index in [0.717, 1.165) is 69.9 Å². The molecule has 1 aromatic carbocycles. The Bertz CT molecular complexity index is 1600. The molecule has 3 aliphatic rings. The molecule has 0 saturated carbocycles. The van der Waals surface area contributed by atoms with Gasteiger partial charge in [0.25, 0.3) is 0 Å². The van der Waals surface area contributed by atoms with E-state index in [1.165, 1.54) is 27.4 Å². The first kappa shape index (κ1) is 30.6. The van der Waals surface area contributed by atoms with Gasteiger partial charge in [-0.15, -0.1) is 5.10 Å². The number of piperidine rings is 1. The van der Waals surface area contributed by atoms with Crippen LogP contribution < -0.4 is 0 Å². The summed E-state index contributed by atoms with van der Waals surface area (Å²) in [6.07, 6.45) is 2.65. The topological polar surface area (TPSA) is 122 Å². The van der Waals surface area contributed by atoms with Gasteiger partial charge >= 0.3 is 6.18 Å². The smallest absolute Gasteiger partial charge is 0.340 e. The molecule has 0 radical (unpaired) electrons. The van der Waals surface area contributed by atoms with Gasteiger partial charge < -0.3 is 9.80 Å². The molecular weight excluding hydrogens is 599 g/mol. The second-order valence-corrected chi connectivity index (χ2v) is 13.8. The van der Waals surface area contributed by atoms with Crippen LogP contribution in [0, 0.1) is 0 Å². The molecule has 3 aromatic rings. The average molecular weight is 636 g/mol. The minimum Gasteiger partial charge on any atom is -0.340 e. The molecule has 0 spiro atoms. The summed E-state index contributed by atoms with van der Waals surface area (Å²) in [4.78, 5) is 16.6. The molecule has 0 aliphatic carbocycles. The van der Waals surface area contributed by atoms with E-state index in [-0.39, 0.29) is 24.6 Å². The predicted molar refractivity (Wildman–Crippen MR) is 154 cm³/mol. The van der Waals surface area contributed by atoms with Crippen molar-refractivity contribution in [2.24, 2.45) is 0 Å². The number of carbonyl (C=O) groups excluding carboxylic acids is 1. The van der Waals surface area contributed by atoms with Gasteiger partial charge in [0.1, 0.15) is 6.33 Å². The number of hydrogen-bond donors (Lipinski definition) is 0. The standard InChI is InChI=1S/C28H36F3N9O3S/c1-44(42,43)38-15-9-25-23(18-38)27(20-5-6-24(28(29,30)31)21(16-20)17-37-19-32-34-35-37)33-40(25)12-3-10-36-13-7-22(8-14-36)39-11-2-4-26(39)41/h5-6,16,19,22H,2-4,7-15,17-18H2,1H3. The van der Waals surface area contributed by atoms with E-state index in [0.29, 0.717) is 48.8 Å². The third kappa shape index (κ3) is 6.52. The summed E-state index contributed by atoms with van der Waals surface area (Å²) >= 11 is 0. The maximum absolute atomic E-state index is 13.9. The zero-order valence-corrected chi connectivity index (χ0v) is 25.4. The molecule has 6 rings (SSSR count).